The van der Waals surface area contributed by atoms with E-state index in [0.29, 0.717) is 0 Å². The Morgan fingerprint density at radius 1 is 1.00 bits per heavy atom. The monoisotopic (exact) mass is 288 g/mol. The molecule has 0 bridgehead atoms. The standard InChI is InChI=1S/C17H25BO3/c1-6-17(11-12-19-17)13-7-9-14(10-8-13)18-20-15(2,3)16(4,5)21-18/h7-10H,6,11-12H2,1-5H3. The van der Waals surface area contributed by atoms with Gasteiger partial charge in [-0.15, -0.1) is 0 Å². The highest BCUT2D eigenvalue weighted by atomic mass is 16.7. The molecule has 0 aromatic heterocycles. The minimum absolute atomic E-state index is 0.0610. The number of rotatable bonds is 3. The molecular formula is C17H25BO3. The normalized spacial score (nSPS) is 30.2. The summed E-state index contributed by atoms with van der Waals surface area (Å²) in [6.45, 7) is 11.4. The van der Waals surface area contributed by atoms with Gasteiger partial charge in [0, 0.05) is 6.42 Å². The van der Waals surface area contributed by atoms with Crippen LogP contribution < -0.4 is 5.46 Å². The molecule has 1 atom stereocenters. The molecule has 2 aliphatic rings. The molecule has 1 aromatic carbocycles. The quantitative estimate of drug-likeness (QED) is 0.800. The summed E-state index contributed by atoms with van der Waals surface area (Å²) in [7, 11) is -0.288. The summed E-state index contributed by atoms with van der Waals surface area (Å²) in [6.07, 6.45) is 2.13. The predicted octanol–water partition coefficient (Wildman–Crippen LogP) is 3.01. The molecule has 2 heterocycles. The van der Waals surface area contributed by atoms with Gasteiger partial charge in [-0.3, -0.25) is 0 Å². The molecule has 21 heavy (non-hydrogen) atoms. The van der Waals surface area contributed by atoms with Crippen LogP contribution in [0.1, 0.15) is 53.0 Å². The van der Waals surface area contributed by atoms with E-state index in [-0.39, 0.29) is 23.9 Å². The number of ether oxygens (including phenoxy) is 1. The van der Waals surface area contributed by atoms with Gasteiger partial charge in [-0.2, -0.15) is 0 Å². The van der Waals surface area contributed by atoms with Crippen molar-refractivity contribution in [1.82, 2.24) is 0 Å². The molecule has 0 saturated carbocycles. The minimum atomic E-state index is -0.294. The lowest BCUT2D eigenvalue weighted by Crippen LogP contribution is -2.41. The fraction of sp³-hybridized carbons (Fsp3) is 0.647. The second kappa shape index (κ2) is 4.84. The topological polar surface area (TPSA) is 27.7 Å². The molecule has 2 aliphatic heterocycles. The van der Waals surface area contributed by atoms with E-state index in [2.05, 4.69) is 58.9 Å². The molecule has 1 unspecified atom stereocenters. The summed E-state index contributed by atoms with van der Waals surface area (Å²) in [5.41, 5.74) is 1.68. The Balaban J connectivity index is 1.80. The van der Waals surface area contributed by atoms with Crippen LogP contribution in [0.4, 0.5) is 0 Å². The Morgan fingerprint density at radius 3 is 1.90 bits per heavy atom. The van der Waals surface area contributed by atoms with Crippen molar-refractivity contribution in [3.63, 3.8) is 0 Å². The fourth-order valence-corrected chi connectivity index (χ4v) is 2.98. The highest BCUT2D eigenvalue weighted by Gasteiger charge is 2.51. The maximum atomic E-state index is 6.09. The summed E-state index contributed by atoms with van der Waals surface area (Å²) >= 11 is 0. The summed E-state index contributed by atoms with van der Waals surface area (Å²) < 4.78 is 18.0. The van der Waals surface area contributed by atoms with E-state index in [1.165, 1.54) is 5.56 Å². The molecular weight excluding hydrogens is 263 g/mol. The summed E-state index contributed by atoms with van der Waals surface area (Å²) in [4.78, 5) is 0. The van der Waals surface area contributed by atoms with Crippen LogP contribution >= 0.6 is 0 Å². The van der Waals surface area contributed by atoms with E-state index in [0.717, 1.165) is 24.9 Å². The van der Waals surface area contributed by atoms with Crippen molar-refractivity contribution in [2.45, 2.75) is 64.3 Å². The van der Waals surface area contributed by atoms with Crippen LogP contribution in [-0.2, 0) is 19.6 Å². The molecule has 0 spiro atoms. The summed E-state index contributed by atoms with van der Waals surface area (Å²) in [5, 5.41) is 0. The molecule has 0 N–H and O–H groups in total. The van der Waals surface area contributed by atoms with Gasteiger partial charge in [0.1, 0.15) is 0 Å². The second-order valence-corrected chi connectivity index (χ2v) is 7.16. The highest BCUT2D eigenvalue weighted by molar-refractivity contribution is 6.62. The van der Waals surface area contributed by atoms with Crippen molar-refractivity contribution in [3.05, 3.63) is 29.8 Å². The first-order valence-electron chi connectivity index (χ1n) is 7.90. The average Bonchev–Trinajstić information content (AvgIpc) is 2.59. The molecule has 0 amide bonds. The van der Waals surface area contributed by atoms with Gasteiger partial charge in [0.15, 0.2) is 0 Å². The van der Waals surface area contributed by atoms with Crippen molar-refractivity contribution in [1.29, 1.82) is 0 Å². The van der Waals surface area contributed by atoms with Crippen LogP contribution in [0.3, 0.4) is 0 Å². The van der Waals surface area contributed by atoms with Crippen molar-refractivity contribution < 1.29 is 14.0 Å². The van der Waals surface area contributed by atoms with Crippen LogP contribution in [0.5, 0.6) is 0 Å². The Kier molecular flexibility index (Phi) is 3.47. The van der Waals surface area contributed by atoms with Gasteiger partial charge in [0.2, 0.25) is 0 Å². The third-order valence-corrected chi connectivity index (χ3v) is 5.42. The summed E-state index contributed by atoms with van der Waals surface area (Å²) in [5.74, 6) is 0. The van der Waals surface area contributed by atoms with Crippen LogP contribution in [0.2, 0.25) is 0 Å². The fourth-order valence-electron chi connectivity index (χ4n) is 2.98. The van der Waals surface area contributed by atoms with Crippen LogP contribution in [0.25, 0.3) is 0 Å². The average molecular weight is 288 g/mol. The van der Waals surface area contributed by atoms with Gasteiger partial charge >= 0.3 is 7.12 Å². The Labute approximate surface area is 128 Å². The van der Waals surface area contributed by atoms with Crippen molar-refractivity contribution in [2.24, 2.45) is 0 Å². The van der Waals surface area contributed by atoms with Gasteiger partial charge in [-0.1, -0.05) is 31.2 Å². The summed E-state index contributed by atoms with van der Waals surface area (Å²) in [6, 6.07) is 8.53. The maximum Gasteiger partial charge on any atom is 0.494 e. The van der Waals surface area contributed by atoms with Gasteiger partial charge < -0.3 is 14.0 Å². The van der Waals surface area contributed by atoms with Crippen LogP contribution in [0.15, 0.2) is 24.3 Å². The van der Waals surface area contributed by atoms with Crippen LogP contribution in [-0.4, -0.2) is 24.9 Å². The van der Waals surface area contributed by atoms with Crippen molar-refractivity contribution in [3.8, 4) is 0 Å². The van der Waals surface area contributed by atoms with Gasteiger partial charge in [0.25, 0.3) is 0 Å². The number of hydrogen-bond acceptors (Lipinski definition) is 3. The molecule has 4 heteroatoms. The third-order valence-electron chi connectivity index (χ3n) is 5.42. The van der Waals surface area contributed by atoms with Gasteiger partial charge in [-0.05, 0) is 45.1 Å². The van der Waals surface area contributed by atoms with E-state index >= 15 is 0 Å². The van der Waals surface area contributed by atoms with Crippen molar-refractivity contribution in [2.75, 3.05) is 6.61 Å². The SMILES string of the molecule is CCC1(c2ccc(B3OC(C)(C)C(C)(C)O3)cc2)CCO1. The third kappa shape index (κ3) is 2.34. The number of benzene rings is 1. The second-order valence-electron chi connectivity index (χ2n) is 7.16. The lowest BCUT2D eigenvalue weighted by Gasteiger charge is -2.42. The first-order valence-corrected chi connectivity index (χ1v) is 7.90. The largest absolute Gasteiger partial charge is 0.494 e. The lowest BCUT2D eigenvalue weighted by atomic mass is 9.76. The number of hydrogen-bond donors (Lipinski definition) is 0. The lowest BCUT2D eigenvalue weighted by molar-refractivity contribution is -0.156. The van der Waals surface area contributed by atoms with E-state index in [1.807, 2.05) is 0 Å². The first kappa shape index (κ1) is 15.1. The molecule has 1 aromatic rings. The Hall–Kier alpha value is -0.835. The molecule has 3 nitrogen and oxygen atoms in total. The Morgan fingerprint density at radius 2 is 1.52 bits per heavy atom. The first-order chi connectivity index (χ1) is 9.80. The van der Waals surface area contributed by atoms with Gasteiger partial charge in [-0.25, -0.2) is 0 Å². The predicted molar refractivity (Wildman–Crippen MR) is 84.7 cm³/mol. The zero-order valence-corrected chi connectivity index (χ0v) is 13.7. The zero-order chi connectivity index (χ0) is 15.3. The molecule has 3 rings (SSSR count). The highest BCUT2D eigenvalue weighted by Crippen LogP contribution is 2.40. The van der Waals surface area contributed by atoms with E-state index in [9.17, 15) is 0 Å². The Bertz CT molecular complexity index is 496. The molecule has 2 fully saturated rings. The van der Waals surface area contributed by atoms with Crippen molar-refractivity contribution >= 4 is 12.6 Å². The zero-order valence-electron chi connectivity index (χ0n) is 13.7. The maximum absolute atomic E-state index is 6.09. The van der Waals surface area contributed by atoms with E-state index in [1.54, 1.807) is 0 Å². The minimum Gasteiger partial charge on any atom is -0.399 e. The smallest absolute Gasteiger partial charge is 0.399 e. The molecule has 2 saturated heterocycles. The van der Waals surface area contributed by atoms with Crippen LogP contribution in [0, 0.1) is 0 Å². The van der Waals surface area contributed by atoms with E-state index < -0.39 is 0 Å². The molecule has 0 radical (unpaired) electrons. The molecule has 0 aliphatic carbocycles. The van der Waals surface area contributed by atoms with E-state index in [4.69, 9.17) is 14.0 Å². The van der Waals surface area contributed by atoms with Gasteiger partial charge in [0.05, 0.1) is 23.4 Å². The molecule has 114 valence electrons.